The number of hydrogen-bond acceptors (Lipinski definition) is 14. The van der Waals surface area contributed by atoms with Crippen molar-refractivity contribution in [3.63, 3.8) is 0 Å². The number of morpholine rings is 1. The van der Waals surface area contributed by atoms with Gasteiger partial charge in [-0.05, 0) is 77.2 Å². The number of amides is 4. The normalized spacial score (nSPS) is 22.2. The van der Waals surface area contributed by atoms with E-state index in [-0.39, 0.29) is 43.3 Å². The van der Waals surface area contributed by atoms with Crippen LogP contribution in [-0.4, -0.2) is 120 Å². The smallest absolute Gasteiger partial charge is 0.329 e. The zero-order chi connectivity index (χ0) is 53.1. The Morgan fingerprint density at radius 2 is 1.43 bits per heavy atom. The van der Waals surface area contributed by atoms with Gasteiger partial charge in [-0.2, -0.15) is 0 Å². The van der Waals surface area contributed by atoms with Gasteiger partial charge in [0.1, 0.15) is 41.7 Å². The molecule has 3 fully saturated rings. The molecule has 0 unspecified atom stereocenters. The number of aromatic nitrogens is 2. The van der Waals surface area contributed by atoms with Crippen LogP contribution in [0.3, 0.4) is 0 Å². The summed E-state index contributed by atoms with van der Waals surface area (Å²) in [5.41, 5.74) is 1.04. The first kappa shape index (κ1) is 50.9. The van der Waals surface area contributed by atoms with Crippen molar-refractivity contribution in [3.05, 3.63) is 179 Å². The Bertz CT molecular complexity index is 3180. The van der Waals surface area contributed by atoms with Crippen LogP contribution in [-0.2, 0) is 34.1 Å². The highest BCUT2D eigenvalue weighted by Gasteiger charge is 2.76. The molecular formula is C59H57N7O10. The molecule has 1 spiro atoms. The summed E-state index contributed by atoms with van der Waals surface area (Å²) in [6, 6.07) is 34.0. The van der Waals surface area contributed by atoms with Gasteiger partial charge in [0.2, 0.25) is 17.8 Å². The number of nitrogens with zero attached hydrogens (tertiary/aromatic N) is 6. The Morgan fingerprint density at radius 1 is 0.789 bits per heavy atom. The number of piperazine rings is 1. The van der Waals surface area contributed by atoms with Crippen LogP contribution in [0.5, 0.6) is 11.5 Å². The number of carbonyl (C=O) groups is 5. The number of cyclic esters (lactones) is 1. The number of ether oxygens (including phenoxy) is 4. The van der Waals surface area contributed by atoms with Gasteiger partial charge in [0, 0.05) is 55.3 Å². The zero-order valence-electron chi connectivity index (χ0n) is 42.4. The maximum atomic E-state index is 17.0. The number of hydrogen-bond donors (Lipinski definition) is 2. The third kappa shape index (κ3) is 9.13. The van der Waals surface area contributed by atoms with E-state index in [9.17, 15) is 9.90 Å². The highest BCUT2D eigenvalue weighted by atomic mass is 16.6. The number of imide groups is 1. The second-order valence-corrected chi connectivity index (χ2v) is 19.3. The number of methoxy groups -OCH3 is 2. The largest absolute Gasteiger partial charge is 0.497 e. The molecule has 0 aliphatic carbocycles. The maximum Gasteiger partial charge on any atom is 0.329 e. The molecule has 4 aliphatic heterocycles. The summed E-state index contributed by atoms with van der Waals surface area (Å²) in [4.78, 5) is 93.4. The summed E-state index contributed by atoms with van der Waals surface area (Å²) in [6.07, 6.45) is 2.31. The van der Waals surface area contributed by atoms with Gasteiger partial charge in [-0.3, -0.25) is 19.3 Å². The van der Waals surface area contributed by atoms with Crippen molar-refractivity contribution >= 4 is 41.4 Å². The first-order valence-corrected chi connectivity index (χ1v) is 25.2. The van der Waals surface area contributed by atoms with Gasteiger partial charge in [-0.15, -0.1) is 0 Å². The summed E-state index contributed by atoms with van der Waals surface area (Å²) >= 11 is 0. The lowest BCUT2D eigenvalue weighted by atomic mass is 9.64. The van der Waals surface area contributed by atoms with E-state index in [1.54, 1.807) is 98.9 Å². The lowest BCUT2D eigenvalue weighted by molar-refractivity contribution is -0.179. The lowest BCUT2D eigenvalue weighted by Crippen LogP contribution is -2.60. The predicted molar refractivity (Wildman–Crippen MR) is 280 cm³/mol. The number of aliphatic hydroxyl groups excluding tert-OH is 1. The molecule has 0 bridgehead atoms. The number of nitrogens with one attached hydrogen (secondary N) is 1. The fourth-order valence-electron chi connectivity index (χ4n) is 11.3. The molecule has 0 saturated carbocycles. The van der Waals surface area contributed by atoms with Gasteiger partial charge >= 0.3 is 18.0 Å². The Balaban J connectivity index is 1.26. The third-order valence-electron chi connectivity index (χ3n) is 14.8. The van der Waals surface area contributed by atoms with Gasteiger partial charge in [0.15, 0.2) is 0 Å². The highest BCUT2D eigenvalue weighted by Crippen LogP contribution is 2.67. The first-order valence-electron chi connectivity index (χ1n) is 25.2. The molecule has 5 aromatic carbocycles. The van der Waals surface area contributed by atoms with E-state index in [2.05, 4.69) is 27.1 Å². The molecule has 1 aromatic heterocycles. The summed E-state index contributed by atoms with van der Waals surface area (Å²) < 4.78 is 23.6. The summed E-state index contributed by atoms with van der Waals surface area (Å²) in [7, 11) is 2.79. The minimum absolute atomic E-state index is 0.108. The third-order valence-corrected chi connectivity index (χ3v) is 14.8. The van der Waals surface area contributed by atoms with Crippen LogP contribution in [0, 0.1) is 23.7 Å². The number of rotatable bonds is 12. The monoisotopic (exact) mass is 1020 g/mol. The van der Waals surface area contributed by atoms with E-state index in [0.29, 0.717) is 52.6 Å². The molecule has 10 rings (SSSR count). The second kappa shape index (κ2) is 21.7. The van der Waals surface area contributed by atoms with Crippen LogP contribution in [0.1, 0.15) is 65.4 Å². The molecule has 2 N–H and O–H groups in total. The molecule has 4 aliphatic rings. The topological polar surface area (TPSA) is 193 Å². The standard InChI is InChI=1S/C59H57N7O10/c1-37(2)48(54(69)74-4)62-58(72)65-45-27-24-39(21-20-38-22-25-42(73-3)26-23-38)36-44(45)59(56(65)71)47(53(68)63-30-32-64(33-31-63)57-60-28-13-29-61-57)50-55(70)76-51(41-16-9-6-10-17-41)49(40-14-7-5-8-15-40)66(50)52(59)43-18-11-12-19-46(43)75-35-34-67/h5-19,22-29,36-37,47-52,67H,30-35H2,1-4H3,(H,62,72)/t47-,48+,49-,50-,51+,52+,59-/m1/s1. The van der Waals surface area contributed by atoms with Crippen LogP contribution in [0.25, 0.3) is 0 Å². The van der Waals surface area contributed by atoms with E-state index in [4.69, 9.17) is 18.9 Å². The SMILES string of the molecule is COC(=O)[C@@H](NC(=O)N1C(=O)[C@@]2(c3cc(C#Cc4ccc(OC)cc4)ccc31)[C@H](c1ccccc1OCCO)N1[C@H](c3ccccc3)[C@H](c3ccccc3)OC(=O)[C@H]1[C@@H]2C(=O)N1CCN(c2ncccn2)CC1)C(C)C. The average molecular weight is 1020 g/mol. The van der Waals surface area contributed by atoms with Crippen LogP contribution in [0.4, 0.5) is 16.4 Å². The number of benzene rings is 5. The molecule has 0 radical (unpaired) electrons. The van der Waals surface area contributed by atoms with Crippen LogP contribution < -0.4 is 24.6 Å². The molecule has 17 heteroatoms. The Hall–Kier alpha value is -8.59. The zero-order valence-corrected chi connectivity index (χ0v) is 42.4. The van der Waals surface area contributed by atoms with Gasteiger partial charge in [-0.25, -0.2) is 24.5 Å². The number of carbonyl (C=O) groups excluding carboxylic acids is 5. The molecule has 3 saturated heterocycles. The first-order chi connectivity index (χ1) is 37.0. The van der Waals surface area contributed by atoms with Gasteiger partial charge in [0.25, 0.3) is 0 Å². The van der Waals surface area contributed by atoms with Crippen LogP contribution >= 0.6 is 0 Å². The number of fused-ring (bicyclic) bond motifs is 3. The van der Waals surface area contributed by atoms with Gasteiger partial charge in [0.05, 0.1) is 44.5 Å². The van der Waals surface area contributed by atoms with Crippen LogP contribution in [0.15, 0.2) is 146 Å². The number of urea groups is 1. The summed E-state index contributed by atoms with van der Waals surface area (Å²) in [5, 5.41) is 13.0. The van der Waals surface area contributed by atoms with E-state index in [1.807, 2.05) is 82.6 Å². The van der Waals surface area contributed by atoms with Crippen molar-refractivity contribution in [3.8, 4) is 23.3 Å². The molecule has 6 aromatic rings. The number of anilines is 2. The Morgan fingerprint density at radius 3 is 2.09 bits per heavy atom. The van der Waals surface area contributed by atoms with Gasteiger partial charge in [-0.1, -0.05) is 105 Å². The molecule has 5 heterocycles. The van der Waals surface area contributed by atoms with E-state index in [0.717, 1.165) is 4.90 Å². The van der Waals surface area contributed by atoms with Crippen LogP contribution in [0.2, 0.25) is 0 Å². The van der Waals surface area contributed by atoms with Crippen molar-refractivity contribution in [1.29, 1.82) is 0 Å². The summed E-state index contributed by atoms with van der Waals surface area (Å²) in [5.74, 6) is 2.96. The van der Waals surface area contributed by atoms with Crippen molar-refractivity contribution in [2.24, 2.45) is 11.8 Å². The molecule has 388 valence electrons. The second-order valence-electron chi connectivity index (χ2n) is 19.3. The van der Waals surface area contributed by atoms with Crippen molar-refractivity contribution in [2.45, 2.75) is 49.5 Å². The molecule has 4 amide bonds. The fourth-order valence-corrected chi connectivity index (χ4v) is 11.3. The quantitative estimate of drug-likeness (QED) is 0.104. The van der Waals surface area contributed by atoms with Crippen molar-refractivity contribution < 1.29 is 48.0 Å². The van der Waals surface area contributed by atoms with Gasteiger partial charge < -0.3 is 39.2 Å². The van der Waals surface area contributed by atoms with Crippen molar-refractivity contribution in [2.75, 3.05) is 63.4 Å². The lowest BCUT2D eigenvalue weighted by Gasteiger charge is -2.46. The molecule has 76 heavy (non-hydrogen) atoms. The van der Waals surface area contributed by atoms with E-state index in [1.165, 1.54) is 7.11 Å². The average Bonchev–Trinajstić information content (AvgIpc) is 4.13. The Labute approximate surface area is 440 Å². The molecule has 17 nitrogen and oxygen atoms in total. The summed E-state index contributed by atoms with van der Waals surface area (Å²) in [6.45, 7) is 3.96. The molecule has 7 atom stereocenters. The fraction of sp³-hybridized carbons (Fsp3) is 0.305. The predicted octanol–water partition coefficient (Wildman–Crippen LogP) is 6.18. The van der Waals surface area contributed by atoms with E-state index < -0.39 is 77.3 Å². The number of aliphatic hydroxyl groups is 1. The highest BCUT2D eigenvalue weighted by molar-refractivity contribution is 6.25. The number of para-hydroxylation sites is 1. The Kier molecular flexibility index (Phi) is 14.5. The maximum absolute atomic E-state index is 17.0. The minimum atomic E-state index is -2.17. The molecular weight excluding hydrogens is 967 g/mol. The van der Waals surface area contributed by atoms with E-state index >= 15 is 19.2 Å². The minimum Gasteiger partial charge on any atom is -0.497 e. The van der Waals surface area contributed by atoms with Crippen molar-refractivity contribution in [1.82, 2.24) is 25.1 Å². The number of esters is 2.